The normalized spacial score (nSPS) is 14.5. The highest BCUT2D eigenvalue weighted by Gasteiger charge is 2.22. The number of nitrogens with zero attached hydrogens (tertiary/aromatic N) is 1. The maximum absolute atomic E-state index is 10.7. The average molecular weight is 226 g/mol. The predicted molar refractivity (Wildman–Crippen MR) is 57.9 cm³/mol. The summed E-state index contributed by atoms with van der Waals surface area (Å²) in [6.07, 6.45) is -2.33. The number of nitro benzene ring substituents is 1. The van der Waals surface area contributed by atoms with Gasteiger partial charge in [0.05, 0.1) is 11.0 Å². The van der Waals surface area contributed by atoms with Crippen LogP contribution in [0.3, 0.4) is 0 Å². The molecule has 2 unspecified atom stereocenters. The Labute approximate surface area is 92.5 Å². The first kappa shape index (κ1) is 12.6. The fraction of sp³-hybridized carbons (Fsp3) is 0.400. The number of benzene rings is 1. The quantitative estimate of drug-likeness (QED) is 0.503. The molecule has 6 heteroatoms. The monoisotopic (exact) mass is 226 g/mol. The lowest BCUT2D eigenvalue weighted by Gasteiger charge is -2.18. The zero-order valence-corrected chi connectivity index (χ0v) is 8.83. The van der Waals surface area contributed by atoms with E-state index >= 15 is 0 Å². The van der Waals surface area contributed by atoms with Crippen molar-refractivity contribution in [3.8, 4) is 0 Å². The highest BCUT2D eigenvalue weighted by Crippen LogP contribution is 2.27. The van der Waals surface area contributed by atoms with Crippen LogP contribution >= 0.6 is 0 Å². The van der Waals surface area contributed by atoms with Crippen LogP contribution in [0.2, 0.25) is 0 Å². The summed E-state index contributed by atoms with van der Waals surface area (Å²) in [4.78, 5) is 10.1. The summed E-state index contributed by atoms with van der Waals surface area (Å²) in [5.74, 6) is 0. The van der Waals surface area contributed by atoms with Crippen LogP contribution in [-0.4, -0.2) is 27.8 Å². The van der Waals surface area contributed by atoms with Crippen LogP contribution in [0.25, 0.3) is 0 Å². The van der Waals surface area contributed by atoms with Gasteiger partial charge < -0.3 is 15.9 Å². The third-order valence-corrected chi connectivity index (χ3v) is 2.47. The molecule has 1 rings (SSSR count). The largest absolute Gasteiger partial charge is 0.389 e. The Balaban J connectivity index is 3.15. The molecule has 1 aromatic rings. The van der Waals surface area contributed by atoms with E-state index in [-0.39, 0.29) is 12.2 Å². The lowest BCUT2D eigenvalue weighted by molar-refractivity contribution is -0.385. The van der Waals surface area contributed by atoms with E-state index in [1.165, 1.54) is 25.1 Å². The molecule has 0 fully saturated rings. The van der Waals surface area contributed by atoms with Crippen LogP contribution in [0, 0.1) is 17.0 Å². The number of nitro groups is 1. The maximum atomic E-state index is 10.7. The first-order valence-corrected chi connectivity index (χ1v) is 4.79. The van der Waals surface area contributed by atoms with Crippen LogP contribution in [0.5, 0.6) is 0 Å². The number of aliphatic hydroxyl groups is 2. The third-order valence-electron chi connectivity index (χ3n) is 2.47. The number of aliphatic hydroxyl groups excluding tert-OH is 2. The highest BCUT2D eigenvalue weighted by molar-refractivity contribution is 5.45. The first-order chi connectivity index (χ1) is 7.49. The summed E-state index contributed by atoms with van der Waals surface area (Å²) in [6, 6.07) is 4.35. The topological polar surface area (TPSA) is 110 Å². The van der Waals surface area contributed by atoms with E-state index in [4.69, 9.17) is 5.73 Å². The van der Waals surface area contributed by atoms with Crippen LogP contribution in [-0.2, 0) is 0 Å². The number of hydrogen-bond donors (Lipinski definition) is 3. The fourth-order valence-electron chi connectivity index (χ4n) is 1.50. The van der Waals surface area contributed by atoms with E-state index in [1.807, 2.05) is 0 Å². The molecule has 0 saturated heterocycles. The highest BCUT2D eigenvalue weighted by atomic mass is 16.6. The van der Waals surface area contributed by atoms with Crippen LogP contribution in [0.4, 0.5) is 5.69 Å². The molecule has 4 N–H and O–H groups in total. The molecule has 16 heavy (non-hydrogen) atoms. The molecule has 0 radical (unpaired) electrons. The van der Waals surface area contributed by atoms with Crippen molar-refractivity contribution < 1.29 is 15.1 Å². The molecule has 2 atom stereocenters. The second kappa shape index (κ2) is 5.02. The SMILES string of the molecule is Cc1c(C(O)C(O)CN)cccc1[N+](=O)[O-]. The fourth-order valence-corrected chi connectivity index (χ4v) is 1.50. The molecule has 0 bridgehead atoms. The minimum absolute atomic E-state index is 0.0826. The van der Waals surface area contributed by atoms with E-state index in [0.29, 0.717) is 11.1 Å². The van der Waals surface area contributed by atoms with Gasteiger partial charge in [0.25, 0.3) is 5.69 Å². The van der Waals surface area contributed by atoms with Crippen LogP contribution < -0.4 is 5.73 Å². The summed E-state index contributed by atoms with van der Waals surface area (Å²) >= 11 is 0. The molecule has 0 aliphatic heterocycles. The zero-order chi connectivity index (χ0) is 12.3. The van der Waals surface area contributed by atoms with Gasteiger partial charge in [0.2, 0.25) is 0 Å². The van der Waals surface area contributed by atoms with Gasteiger partial charge in [0, 0.05) is 18.2 Å². The molecule has 0 amide bonds. The molecule has 0 saturated carbocycles. The lowest BCUT2D eigenvalue weighted by Crippen LogP contribution is -2.27. The van der Waals surface area contributed by atoms with Crippen molar-refractivity contribution in [3.63, 3.8) is 0 Å². The Morgan fingerprint density at radius 1 is 1.50 bits per heavy atom. The predicted octanol–water partition coefficient (Wildman–Crippen LogP) is 0.256. The van der Waals surface area contributed by atoms with Gasteiger partial charge in [-0.25, -0.2) is 0 Å². The van der Waals surface area contributed by atoms with E-state index in [2.05, 4.69) is 0 Å². The lowest BCUT2D eigenvalue weighted by atomic mass is 9.98. The standard InChI is InChI=1S/C10H14N2O4/c1-6-7(10(14)9(13)5-11)3-2-4-8(6)12(15)16/h2-4,9-10,13-14H,5,11H2,1H3. The summed E-state index contributed by atoms with van der Waals surface area (Å²) in [7, 11) is 0. The molecule has 0 aromatic heterocycles. The molecule has 0 spiro atoms. The van der Waals surface area contributed by atoms with Gasteiger partial charge in [-0.2, -0.15) is 0 Å². The van der Waals surface area contributed by atoms with E-state index < -0.39 is 17.1 Å². The van der Waals surface area contributed by atoms with Crippen molar-refractivity contribution in [1.82, 2.24) is 0 Å². The van der Waals surface area contributed by atoms with E-state index in [1.54, 1.807) is 0 Å². The number of rotatable bonds is 4. The molecule has 0 heterocycles. The van der Waals surface area contributed by atoms with Crippen molar-refractivity contribution in [2.45, 2.75) is 19.1 Å². The molecule has 6 nitrogen and oxygen atoms in total. The number of hydrogen-bond acceptors (Lipinski definition) is 5. The smallest absolute Gasteiger partial charge is 0.272 e. The van der Waals surface area contributed by atoms with Gasteiger partial charge in [0.1, 0.15) is 6.10 Å². The Morgan fingerprint density at radius 2 is 2.12 bits per heavy atom. The average Bonchev–Trinajstić information content (AvgIpc) is 2.27. The van der Waals surface area contributed by atoms with Gasteiger partial charge in [-0.3, -0.25) is 10.1 Å². The Morgan fingerprint density at radius 3 is 2.62 bits per heavy atom. The Kier molecular flexibility index (Phi) is 3.94. The second-order valence-corrected chi connectivity index (χ2v) is 3.50. The summed E-state index contributed by atoms with van der Waals surface area (Å²) < 4.78 is 0. The van der Waals surface area contributed by atoms with Gasteiger partial charge >= 0.3 is 0 Å². The van der Waals surface area contributed by atoms with Gasteiger partial charge in [-0.05, 0) is 12.5 Å². The number of nitrogens with two attached hydrogens (primary N) is 1. The summed E-state index contributed by atoms with van der Waals surface area (Å²) in [6.45, 7) is 1.42. The zero-order valence-electron chi connectivity index (χ0n) is 8.83. The molecule has 88 valence electrons. The van der Waals surface area contributed by atoms with E-state index in [0.717, 1.165) is 0 Å². The van der Waals surface area contributed by atoms with Crippen molar-refractivity contribution >= 4 is 5.69 Å². The van der Waals surface area contributed by atoms with Gasteiger partial charge in [-0.15, -0.1) is 0 Å². The van der Waals surface area contributed by atoms with Crippen molar-refractivity contribution in [1.29, 1.82) is 0 Å². The first-order valence-electron chi connectivity index (χ1n) is 4.79. The summed E-state index contributed by atoms with van der Waals surface area (Å²) in [5, 5.41) is 29.8. The third kappa shape index (κ3) is 2.35. The molecule has 0 aliphatic carbocycles. The molecular weight excluding hydrogens is 212 g/mol. The molecule has 0 aliphatic rings. The molecular formula is C10H14N2O4. The van der Waals surface area contributed by atoms with Crippen LogP contribution in [0.15, 0.2) is 18.2 Å². The van der Waals surface area contributed by atoms with Crippen LogP contribution in [0.1, 0.15) is 17.2 Å². The van der Waals surface area contributed by atoms with Crippen molar-refractivity contribution in [2.24, 2.45) is 5.73 Å². The Hall–Kier alpha value is -1.50. The minimum atomic E-state index is -1.20. The maximum Gasteiger partial charge on any atom is 0.272 e. The van der Waals surface area contributed by atoms with Gasteiger partial charge in [0.15, 0.2) is 0 Å². The molecule has 1 aromatic carbocycles. The van der Waals surface area contributed by atoms with E-state index in [9.17, 15) is 20.3 Å². The minimum Gasteiger partial charge on any atom is -0.389 e. The second-order valence-electron chi connectivity index (χ2n) is 3.50. The van der Waals surface area contributed by atoms with Crippen molar-refractivity contribution in [3.05, 3.63) is 39.4 Å². The van der Waals surface area contributed by atoms with Gasteiger partial charge in [-0.1, -0.05) is 12.1 Å². The van der Waals surface area contributed by atoms with Crippen molar-refractivity contribution in [2.75, 3.05) is 6.54 Å². The summed E-state index contributed by atoms with van der Waals surface area (Å²) in [5.41, 5.74) is 5.80. The Bertz CT molecular complexity index is 394.